The van der Waals surface area contributed by atoms with Crippen molar-refractivity contribution in [3.63, 3.8) is 0 Å². The molecule has 0 amide bonds. The fourth-order valence-electron chi connectivity index (χ4n) is 2.64. The molecule has 0 bridgehead atoms. The zero-order chi connectivity index (χ0) is 15.2. The third-order valence-electron chi connectivity index (χ3n) is 3.94. The Morgan fingerprint density at radius 3 is 2.41 bits per heavy atom. The van der Waals surface area contributed by atoms with E-state index in [1.165, 1.54) is 23.3 Å². The second kappa shape index (κ2) is 7.19. The van der Waals surface area contributed by atoms with Crippen LogP contribution in [-0.2, 0) is 6.54 Å². The molecule has 2 aromatic rings. The van der Waals surface area contributed by atoms with Crippen LogP contribution >= 0.6 is 0 Å². The summed E-state index contributed by atoms with van der Waals surface area (Å²) in [5, 5.41) is 0. The zero-order valence-electron chi connectivity index (χ0n) is 12.6. The van der Waals surface area contributed by atoms with Gasteiger partial charge in [0.15, 0.2) is 0 Å². The van der Waals surface area contributed by atoms with Gasteiger partial charge in [-0.3, -0.25) is 4.90 Å². The van der Waals surface area contributed by atoms with Crippen LogP contribution in [0.5, 0.6) is 0 Å². The van der Waals surface area contributed by atoms with Crippen LogP contribution in [0.15, 0.2) is 72.3 Å². The van der Waals surface area contributed by atoms with Crippen LogP contribution < -0.4 is 0 Å². The average molecular weight is 293 g/mol. The molecule has 3 rings (SSSR count). The Morgan fingerprint density at radius 2 is 1.73 bits per heavy atom. The first-order valence-corrected chi connectivity index (χ1v) is 7.68. The molecule has 0 fully saturated rings. The molecule has 1 heterocycles. The molecular weight excluding hydrogens is 273 g/mol. The monoisotopic (exact) mass is 293 g/mol. The molecule has 0 saturated heterocycles. The molecule has 0 saturated carbocycles. The van der Waals surface area contributed by atoms with Gasteiger partial charge < -0.3 is 0 Å². The Hall–Kier alpha value is -2.19. The SMILES string of the molecule is Fc1ccc(C=CC2=CCN(Cc3ccccc3)CC2)cc1. The van der Waals surface area contributed by atoms with Crippen molar-refractivity contribution in [3.8, 4) is 0 Å². The van der Waals surface area contributed by atoms with E-state index in [2.05, 4.69) is 53.5 Å². The summed E-state index contributed by atoms with van der Waals surface area (Å²) in [7, 11) is 0. The van der Waals surface area contributed by atoms with Gasteiger partial charge in [-0.25, -0.2) is 4.39 Å². The third kappa shape index (κ3) is 4.15. The summed E-state index contributed by atoms with van der Waals surface area (Å²) in [6.45, 7) is 3.07. The summed E-state index contributed by atoms with van der Waals surface area (Å²) in [6.07, 6.45) is 7.54. The van der Waals surface area contributed by atoms with Crippen molar-refractivity contribution in [2.75, 3.05) is 13.1 Å². The summed E-state index contributed by atoms with van der Waals surface area (Å²) < 4.78 is 12.9. The van der Waals surface area contributed by atoms with Crippen molar-refractivity contribution >= 4 is 6.08 Å². The number of benzene rings is 2. The quantitative estimate of drug-likeness (QED) is 0.791. The number of rotatable bonds is 4. The fourth-order valence-corrected chi connectivity index (χ4v) is 2.64. The Morgan fingerprint density at radius 1 is 0.955 bits per heavy atom. The van der Waals surface area contributed by atoms with E-state index < -0.39 is 0 Å². The molecule has 2 heteroatoms. The summed E-state index contributed by atoms with van der Waals surface area (Å²) >= 11 is 0. The Kier molecular flexibility index (Phi) is 4.81. The van der Waals surface area contributed by atoms with Crippen molar-refractivity contribution in [1.29, 1.82) is 0 Å². The van der Waals surface area contributed by atoms with Gasteiger partial charge in [-0.05, 0) is 35.3 Å². The van der Waals surface area contributed by atoms with Gasteiger partial charge in [-0.2, -0.15) is 0 Å². The molecule has 22 heavy (non-hydrogen) atoms. The van der Waals surface area contributed by atoms with E-state index in [0.29, 0.717) is 0 Å². The topological polar surface area (TPSA) is 3.24 Å². The zero-order valence-corrected chi connectivity index (χ0v) is 12.6. The summed E-state index contributed by atoms with van der Waals surface area (Å²) in [5.41, 5.74) is 3.75. The van der Waals surface area contributed by atoms with Crippen molar-refractivity contribution in [2.45, 2.75) is 13.0 Å². The van der Waals surface area contributed by atoms with Gasteiger partial charge in [0.1, 0.15) is 5.82 Å². The maximum absolute atomic E-state index is 12.9. The van der Waals surface area contributed by atoms with Crippen molar-refractivity contribution in [2.24, 2.45) is 0 Å². The molecule has 1 nitrogen and oxygen atoms in total. The summed E-state index contributed by atoms with van der Waals surface area (Å²) in [6, 6.07) is 17.2. The van der Waals surface area contributed by atoms with Crippen LogP contribution in [0.1, 0.15) is 17.5 Å². The lowest BCUT2D eigenvalue weighted by atomic mass is 10.1. The lowest BCUT2D eigenvalue weighted by molar-refractivity contribution is 0.287. The number of allylic oxidation sites excluding steroid dienone is 1. The molecule has 0 spiro atoms. The fraction of sp³-hybridized carbons (Fsp3) is 0.200. The Labute approximate surface area is 131 Å². The standard InChI is InChI=1S/C20H20FN/c21-20-10-8-17(9-11-20)6-7-18-12-14-22(15-13-18)16-19-4-2-1-3-5-19/h1-12H,13-16H2. The minimum atomic E-state index is -0.189. The van der Waals surface area contributed by atoms with Crippen LogP contribution in [-0.4, -0.2) is 18.0 Å². The van der Waals surface area contributed by atoms with Gasteiger partial charge >= 0.3 is 0 Å². The van der Waals surface area contributed by atoms with Gasteiger partial charge in [0.05, 0.1) is 0 Å². The molecule has 0 aliphatic carbocycles. The van der Waals surface area contributed by atoms with Crippen molar-refractivity contribution < 1.29 is 4.39 Å². The van der Waals surface area contributed by atoms with Gasteiger partial charge in [0.2, 0.25) is 0 Å². The van der Waals surface area contributed by atoms with E-state index >= 15 is 0 Å². The second-order valence-electron chi connectivity index (χ2n) is 5.63. The van der Waals surface area contributed by atoms with Crippen LogP contribution in [0.25, 0.3) is 6.08 Å². The van der Waals surface area contributed by atoms with Gasteiger partial charge in [-0.15, -0.1) is 0 Å². The largest absolute Gasteiger partial charge is 0.295 e. The maximum Gasteiger partial charge on any atom is 0.123 e. The first-order valence-electron chi connectivity index (χ1n) is 7.68. The van der Waals surface area contributed by atoms with E-state index in [0.717, 1.165) is 31.6 Å². The van der Waals surface area contributed by atoms with E-state index in [1.54, 1.807) is 12.1 Å². The van der Waals surface area contributed by atoms with Crippen LogP contribution in [0.2, 0.25) is 0 Å². The lowest BCUT2D eigenvalue weighted by Crippen LogP contribution is -2.27. The highest BCUT2D eigenvalue weighted by molar-refractivity contribution is 5.53. The Bertz CT molecular complexity index is 656. The highest BCUT2D eigenvalue weighted by atomic mass is 19.1. The van der Waals surface area contributed by atoms with E-state index in [4.69, 9.17) is 0 Å². The molecule has 0 radical (unpaired) electrons. The highest BCUT2D eigenvalue weighted by Gasteiger charge is 2.10. The van der Waals surface area contributed by atoms with Crippen LogP contribution in [0, 0.1) is 5.82 Å². The number of hydrogen-bond donors (Lipinski definition) is 0. The second-order valence-corrected chi connectivity index (χ2v) is 5.63. The van der Waals surface area contributed by atoms with E-state index in [9.17, 15) is 4.39 Å². The first kappa shape index (κ1) is 14.7. The predicted octanol–water partition coefficient (Wildman–Crippen LogP) is 4.67. The third-order valence-corrected chi connectivity index (χ3v) is 3.94. The predicted molar refractivity (Wildman–Crippen MR) is 89.9 cm³/mol. The minimum Gasteiger partial charge on any atom is -0.295 e. The van der Waals surface area contributed by atoms with Gasteiger partial charge in [0.25, 0.3) is 0 Å². The van der Waals surface area contributed by atoms with Crippen molar-refractivity contribution in [3.05, 3.63) is 89.3 Å². The number of halogens is 1. The summed E-state index contributed by atoms with van der Waals surface area (Å²) in [4.78, 5) is 2.45. The van der Waals surface area contributed by atoms with Crippen LogP contribution in [0.3, 0.4) is 0 Å². The maximum atomic E-state index is 12.9. The van der Waals surface area contributed by atoms with E-state index in [1.807, 2.05) is 0 Å². The van der Waals surface area contributed by atoms with E-state index in [-0.39, 0.29) is 5.82 Å². The molecule has 2 aromatic carbocycles. The molecule has 0 aromatic heterocycles. The van der Waals surface area contributed by atoms with Crippen molar-refractivity contribution in [1.82, 2.24) is 4.90 Å². The molecule has 0 unspecified atom stereocenters. The van der Waals surface area contributed by atoms with Gasteiger partial charge in [-0.1, -0.05) is 60.7 Å². The van der Waals surface area contributed by atoms with Gasteiger partial charge in [0, 0.05) is 19.6 Å². The first-order chi connectivity index (χ1) is 10.8. The molecule has 1 aliphatic rings. The molecule has 1 aliphatic heterocycles. The molecule has 0 atom stereocenters. The average Bonchev–Trinajstić information content (AvgIpc) is 2.57. The highest BCUT2D eigenvalue weighted by Crippen LogP contribution is 2.16. The Balaban J connectivity index is 1.56. The molecule has 0 N–H and O–H groups in total. The summed E-state index contributed by atoms with van der Waals surface area (Å²) in [5.74, 6) is -0.189. The minimum absolute atomic E-state index is 0.189. The number of nitrogens with zero attached hydrogens (tertiary/aromatic N) is 1. The smallest absolute Gasteiger partial charge is 0.123 e. The van der Waals surface area contributed by atoms with Crippen LogP contribution in [0.4, 0.5) is 4.39 Å². The normalized spacial score (nSPS) is 16.0. The number of hydrogen-bond acceptors (Lipinski definition) is 1. The lowest BCUT2D eigenvalue weighted by Gasteiger charge is -2.25. The molecular formula is C20H20FN. The molecule has 112 valence electrons.